The summed E-state index contributed by atoms with van der Waals surface area (Å²) in [5.74, 6) is 0.224. The smallest absolute Gasteiger partial charge is 0.330 e. The van der Waals surface area contributed by atoms with E-state index < -0.39 is 18.0 Å². The molecule has 0 aromatic carbocycles. The Balaban J connectivity index is 2.68. The van der Waals surface area contributed by atoms with Crippen LogP contribution in [-0.2, 0) is 19.1 Å². The molecule has 0 aromatic rings. The summed E-state index contributed by atoms with van der Waals surface area (Å²) in [6.45, 7) is 17.4. The van der Waals surface area contributed by atoms with Crippen molar-refractivity contribution in [1.82, 2.24) is 21.3 Å². The fourth-order valence-corrected chi connectivity index (χ4v) is 3.34. The first kappa shape index (κ1) is 28.7. The summed E-state index contributed by atoms with van der Waals surface area (Å²) < 4.78 is 11.2. The number of carbonyl (C=O) groups is 3. The zero-order valence-corrected chi connectivity index (χ0v) is 21.2. The molecular weight excluding hydrogens is 424 g/mol. The fourth-order valence-electron chi connectivity index (χ4n) is 3.34. The summed E-state index contributed by atoms with van der Waals surface area (Å²) in [5, 5.41) is 11.4. The Morgan fingerprint density at radius 1 is 1.12 bits per heavy atom. The predicted molar refractivity (Wildman–Crippen MR) is 128 cm³/mol. The van der Waals surface area contributed by atoms with Gasteiger partial charge < -0.3 is 25.4 Å². The number of allylic oxidation sites excluding steroid dienone is 1. The van der Waals surface area contributed by atoms with Gasteiger partial charge in [0.25, 0.3) is 0 Å². The van der Waals surface area contributed by atoms with Crippen LogP contribution in [0.3, 0.4) is 0 Å². The van der Waals surface area contributed by atoms with Gasteiger partial charge in [-0.15, -0.1) is 0 Å². The van der Waals surface area contributed by atoms with Crippen molar-refractivity contribution in [2.75, 3.05) is 13.1 Å². The van der Waals surface area contributed by atoms with Gasteiger partial charge in [-0.3, -0.25) is 10.1 Å². The first-order valence-corrected chi connectivity index (χ1v) is 11.9. The molecule has 0 aromatic heterocycles. The second-order valence-electron chi connectivity index (χ2n) is 10.6. The van der Waals surface area contributed by atoms with Crippen LogP contribution in [0.4, 0.5) is 4.79 Å². The minimum atomic E-state index is -0.761. The van der Waals surface area contributed by atoms with Crippen LogP contribution in [0.1, 0.15) is 80.1 Å². The molecule has 3 amide bonds. The molecule has 9 heteroatoms. The summed E-state index contributed by atoms with van der Waals surface area (Å²) >= 11 is 0. The average molecular weight is 469 g/mol. The van der Waals surface area contributed by atoms with Crippen LogP contribution < -0.4 is 21.3 Å². The van der Waals surface area contributed by atoms with Crippen molar-refractivity contribution in [3.63, 3.8) is 0 Å². The van der Waals surface area contributed by atoms with Crippen LogP contribution in [0.25, 0.3) is 0 Å². The molecule has 1 heterocycles. The molecular formula is C24H44N4O5. The minimum absolute atomic E-state index is 0.153. The number of nitrogens with one attached hydrogen (secondary N) is 4. The number of amides is 3. The maximum atomic E-state index is 12.8. The van der Waals surface area contributed by atoms with Gasteiger partial charge in [0.15, 0.2) is 6.23 Å². The van der Waals surface area contributed by atoms with E-state index in [1.807, 2.05) is 20.8 Å². The zero-order chi connectivity index (χ0) is 25.1. The lowest BCUT2D eigenvalue weighted by Crippen LogP contribution is -2.54. The predicted octanol–water partition coefficient (Wildman–Crippen LogP) is 2.96. The van der Waals surface area contributed by atoms with Crippen molar-refractivity contribution >= 4 is 18.4 Å². The second-order valence-corrected chi connectivity index (χ2v) is 10.6. The molecule has 33 heavy (non-hydrogen) atoms. The number of urea groups is 1. The zero-order valence-electron chi connectivity index (χ0n) is 21.2. The third-order valence-corrected chi connectivity index (χ3v) is 5.29. The van der Waals surface area contributed by atoms with Gasteiger partial charge in [0.05, 0.1) is 5.76 Å². The van der Waals surface area contributed by atoms with Crippen LogP contribution in [0.5, 0.6) is 0 Å². The molecule has 0 aliphatic carbocycles. The molecule has 0 saturated carbocycles. The average Bonchev–Trinajstić information content (AvgIpc) is 2.64. The molecule has 1 aliphatic rings. The van der Waals surface area contributed by atoms with Crippen molar-refractivity contribution in [2.24, 2.45) is 5.41 Å². The molecule has 1 aliphatic heterocycles. The maximum Gasteiger partial charge on any atom is 0.330 e. The van der Waals surface area contributed by atoms with Crippen LogP contribution >= 0.6 is 0 Å². The lowest BCUT2D eigenvalue weighted by molar-refractivity contribution is -0.157. The second kappa shape index (κ2) is 13.4. The number of rotatable bonds is 14. The Bertz CT molecular complexity index is 650. The van der Waals surface area contributed by atoms with E-state index in [0.29, 0.717) is 50.8 Å². The van der Waals surface area contributed by atoms with E-state index in [1.54, 1.807) is 0 Å². The largest absolute Gasteiger partial charge is 0.493 e. The van der Waals surface area contributed by atoms with Gasteiger partial charge in [-0.05, 0) is 51.9 Å². The van der Waals surface area contributed by atoms with Gasteiger partial charge in [-0.2, -0.15) is 0 Å². The normalized spacial score (nSPS) is 17.7. The number of esters is 1. The molecule has 0 spiro atoms. The highest BCUT2D eigenvalue weighted by molar-refractivity contribution is 5.83. The van der Waals surface area contributed by atoms with E-state index in [9.17, 15) is 14.4 Å². The topological polar surface area (TPSA) is 118 Å². The van der Waals surface area contributed by atoms with E-state index in [1.165, 1.54) is 0 Å². The molecule has 0 radical (unpaired) electrons. The standard InChI is InChI=1S/C24H44N4O5/c1-17(33-24(5,6)7)11-12-19(23(2,3)4)28-22(31)27-18(10-8-9-14-25-16-29)21(30)32-20-13-15-26-20/h16,18-20,26H,1,8-15H2,2-7H3,(H,25,29)(H2,27,28,31)/t18-,19?,20+/m0/s1. The van der Waals surface area contributed by atoms with E-state index in [-0.39, 0.29) is 23.3 Å². The Hall–Kier alpha value is -2.29. The van der Waals surface area contributed by atoms with Crippen molar-refractivity contribution < 1.29 is 23.9 Å². The molecule has 9 nitrogen and oxygen atoms in total. The SMILES string of the molecule is C=C(CCC(NC(=O)N[C@@H](CCCCNC=O)C(=O)O[C@@H]1CCN1)C(C)(C)C)OC(C)(C)C. The van der Waals surface area contributed by atoms with E-state index >= 15 is 0 Å². The third-order valence-electron chi connectivity index (χ3n) is 5.29. The Labute approximate surface area is 198 Å². The molecule has 3 atom stereocenters. The quantitative estimate of drug-likeness (QED) is 0.135. The van der Waals surface area contributed by atoms with E-state index in [2.05, 4.69) is 48.6 Å². The van der Waals surface area contributed by atoms with Crippen molar-refractivity contribution in [3.8, 4) is 0 Å². The minimum Gasteiger partial charge on any atom is -0.493 e. The molecule has 1 saturated heterocycles. The van der Waals surface area contributed by atoms with Crippen LogP contribution in [0.15, 0.2) is 12.3 Å². The fraction of sp³-hybridized carbons (Fsp3) is 0.792. The summed E-state index contributed by atoms with van der Waals surface area (Å²) in [4.78, 5) is 35.9. The maximum absolute atomic E-state index is 12.8. The molecule has 0 bridgehead atoms. The van der Waals surface area contributed by atoms with E-state index in [4.69, 9.17) is 9.47 Å². The Morgan fingerprint density at radius 3 is 2.30 bits per heavy atom. The molecule has 4 N–H and O–H groups in total. The Kier molecular flexibility index (Phi) is 11.7. The van der Waals surface area contributed by atoms with Gasteiger partial charge in [-0.1, -0.05) is 27.4 Å². The summed E-state index contributed by atoms with van der Waals surface area (Å²) in [6, 6.07) is -1.32. The number of carbonyl (C=O) groups excluding carboxylic acids is 3. The highest BCUT2D eigenvalue weighted by Crippen LogP contribution is 2.25. The van der Waals surface area contributed by atoms with Crippen molar-refractivity contribution in [1.29, 1.82) is 0 Å². The van der Waals surface area contributed by atoms with Gasteiger partial charge in [0.2, 0.25) is 6.41 Å². The van der Waals surface area contributed by atoms with Gasteiger partial charge in [0.1, 0.15) is 11.6 Å². The summed E-state index contributed by atoms with van der Waals surface area (Å²) in [5.41, 5.74) is -0.519. The van der Waals surface area contributed by atoms with Crippen molar-refractivity contribution in [2.45, 2.75) is 104 Å². The molecule has 1 rings (SSSR count). The lowest BCUT2D eigenvalue weighted by Gasteiger charge is -2.33. The highest BCUT2D eigenvalue weighted by atomic mass is 16.6. The van der Waals surface area contributed by atoms with E-state index in [0.717, 1.165) is 13.0 Å². The first-order chi connectivity index (χ1) is 15.3. The van der Waals surface area contributed by atoms with Gasteiger partial charge in [-0.25, -0.2) is 9.59 Å². The third kappa shape index (κ3) is 12.5. The first-order valence-electron chi connectivity index (χ1n) is 11.9. The molecule has 190 valence electrons. The van der Waals surface area contributed by atoms with Crippen molar-refractivity contribution in [3.05, 3.63) is 12.3 Å². The Morgan fingerprint density at radius 2 is 1.79 bits per heavy atom. The molecule has 1 unspecified atom stereocenters. The number of ether oxygens (including phenoxy) is 2. The number of hydrogen-bond donors (Lipinski definition) is 4. The number of unbranched alkanes of at least 4 members (excludes halogenated alkanes) is 1. The van der Waals surface area contributed by atoms with Gasteiger partial charge in [0, 0.05) is 32.0 Å². The highest BCUT2D eigenvalue weighted by Gasteiger charge is 2.30. The van der Waals surface area contributed by atoms with Crippen LogP contribution in [-0.4, -0.2) is 55.4 Å². The van der Waals surface area contributed by atoms with Crippen LogP contribution in [0.2, 0.25) is 0 Å². The monoisotopic (exact) mass is 468 g/mol. The van der Waals surface area contributed by atoms with Gasteiger partial charge >= 0.3 is 12.0 Å². The number of hydrogen-bond acceptors (Lipinski definition) is 6. The molecule has 1 fully saturated rings. The van der Waals surface area contributed by atoms with Crippen LogP contribution in [0, 0.1) is 5.41 Å². The summed E-state index contributed by atoms with van der Waals surface area (Å²) in [7, 11) is 0. The summed E-state index contributed by atoms with van der Waals surface area (Å²) in [6.07, 6.45) is 4.17. The lowest BCUT2D eigenvalue weighted by atomic mass is 9.84.